The van der Waals surface area contributed by atoms with E-state index in [0.29, 0.717) is 11.2 Å². The number of hydrogen-bond acceptors (Lipinski definition) is 2. The molecule has 0 saturated carbocycles. The van der Waals surface area contributed by atoms with Crippen molar-refractivity contribution >= 4 is 28.2 Å². The number of fused-ring (bicyclic) bond motifs is 1. The van der Waals surface area contributed by atoms with Crippen molar-refractivity contribution in [3.8, 4) is 0 Å². The molecule has 13 heavy (non-hydrogen) atoms. The molecule has 2 rings (SSSR count). The minimum Gasteiger partial charge on any atom is -0.397 e. The molecule has 1 aromatic carbocycles. The molecule has 66 valence electrons. The molecule has 0 aliphatic carbocycles. The van der Waals surface area contributed by atoms with Gasteiger partial charge in [-0.05, 0) is 6.07 Å². The first-order valence-corrected chi connectivity index (χ1v) is 4.14. The van der Waals surface area contributed by atoms with E-state index >= 15 is 0 Å². The van der Waals surface area contributed by atoms with Crippen molar-refractivity contribution in [3.05, 3.63) is 39.6 Å². The molecule has 0 aliphatic rings. The molecule has 1 aromatic heterocycles. The molecule has 0 radical (unpaired) electrons. The normalized spacial score (nSPS) is 10.5. The molecule has 3 N–H and O–H groups in total. The summed E-state index contributed by atoms with van der Waals surface area (Å²) in [7, 11) is 0. The molecule has 4 heteroatoms. The van der Waals surface area contributed by atoms with Crippen molar-refractivity contribution in [2.24, 2.45) is 0 Å². The van der Waals surface area contributed by atoms with E-state index in [2.05, 4.69) is 4.98 Å². The van der Waals surface area contributed by atoms with Crippen molar-refractivity contribution in [2.45, 2.75) is 0 Å². The van der Waals surface area contributed by atoms with Gasteiger partial charge in [0.25, 0.3) is 5.56 Å². The Labute approximate surface area is 79.1 Å². The van der Waals surface area contributed by atoms with E-state index in [9.17, 15) is 4.79 Å². The molecular weight excluding hydrogens is 188 g/mol. The Kier molecular flexibility index (Phi) is 1.74. The molecule has 0 unspecified atom stereocenters. The van der Waals surface area contributed by atoms with Gasteiger partial charge in [0, 0.05) is 5.39 Å². The van der Waals surface area contributed by atoms with Crippen LogP contribution in [-0.4, -0.2) is 4.98 Å². The second-order valence-electron chi connectivity index (χ2n) is 2.73. The van der Waals surface area contributed by atoms with Crippen LogP contribution in [0.5, 0.6) is 0 Å². The lowest BCUT2D eigenvalue weighted by molar-refractivity contribution is 1.31. The highest BCUT2D eigenvalue weighted by Gasteiger charge is 2.05. The third-order valence-electron chi connectivity index (χ3n) is 1.90. The van der Waals surface area contributed by atoms with Crippen molar-refractivity contribution in [1.82, 2.24) is 4.98 Å². The van der Waals surface area contributed by atoms with Gasteiger partial charge in [0.05, 0.1) is 11.2 Å². The molecule has 0 spiro atoms. The summed E-state index contributed by atoms with van der Waals surface area (Å²) in [5.74, 6) is 0. The summed E-state index contributed by atoms with van der Waals surface area (Å²) in [6.45, 7) is 0. The molecule has 0 atom stereocenters. The largest absolute Gasteiger partial charge is 0.397 e. The number of hydrogen-bond donors (Lipinski definition) is 2. The van der Waals surface area contributed by atoms with Crippen LogP contribution in [0.2, 0.25) is 5.02 Å². The van der Waals surface area contributed by atoms with Crippen LogP contribution in [0.4, 0.5) is 5.69 Å². The summed E-state index contributed by atoms with van der Waals surface area (Å²) in [4.78, 5) is 13.8. The van der Waals surface area contributed by atoms with E-state index in [4.69, 9.17) is 17.3 Å². The predicted octanol–water partition coefficient (Wildman–Crippen LogP) is 1.76. The number of pyridine rings is 1. The maximum absolute atomic E-state index is 11.2. The predicted molar refractivity (Wildman–Crippen MR) is 54.0 cm³/mol. The van der Waals surface area contributed by atoms with Gasteiger partial charge in [-0.3, -0.25) is 4.79 Å². The van der Waals surface area contributed by atoms with Crippen LogP contribution in [0, 0.1) is 0 Å². The van der Waals surface area contributed by atoms with E-state index in [1.54, 1.807) is 6.07 Å². The Hall–Kier alpha value is -1.48. The highest BCUT2D eigenvalue weighted by atomic mass is 35.5. The zero-order valence-electron chi connectivity index (χ0n) is 6.67. The number of nitrogens with one attached hydrogen (secondary N) is 1. The fourth-order valence-corrected chi connectivity index (χ4v) is 1.39. The van der Waals surface area contributed by atoms with Gasteiger partial charge in [0.2, 0.25) is 0 Å². The number of benzene rings is 1. The number of halogens is 1. The third kappa shape index (κ3) is 1.17. The van der Waals surface area contributed by atoms with Gasteiger partial charge in [-0.2, -0.15) is 0 Å². The zero-order chi connectivity index (χ0) is 9.42. The third-order valence-corrected chi connectivity index (χ3v) is 2.28. The van der Waals surface area contributed by atoms with Gasteiger partial charge in [0.15, 0.2) is 0 Å². The maximum Gasteiger partial charge on any atom is 0.269 e. The first kappa shape index (κ1) is 8.13. The zero-order valence-corrected chi connectivity index (χ0v) is 7.43. The number of rotatable bonds is 0. The van der Waals surface area contributed by atoms with Crippen molar-refractivity contribution in [1.29, 1.82) is 0 Å². The number of nitrogen functional groups attached to an aromatic ring is 1. The summed E-state index contributed by atoms with van der Waals surface area (Å²) >= 11 is 5.69. The Morgan fingerprint density at radius 3 is 2.77 bits per heavy atom. The summed E-state index contributed by atoms with van der Waals surface area (Å²) in [5.41, 5.74) is 6.36. The summed E-state index contributed by atoms with van der Waals surface area (Å²) in [6.07, 6.45) is 0. The molecule has 0 bridgehead atoms. The minimum absolute atomic E-state index is 0.0544. The average molecular weight is 195 g/mol. The van der Waals surface area contributed by atoms with Crippen molar-refractivity contribution in [2.75, 3.05) is 5.73 Å². The lowest BCUT2D eigenvalue weighted by atomic mass is 10.2. The van der Waals surface area contributed by atoms with Crippen LogP contribution in [0.1, 0.15) is 0 Å². The minimum atomic E-state index is -0.349. The quantitative estimate of drug-likeness (QED) is 0.672. The fourth-order valence-electron chi connectivity index (χ4n) is 1.24. The van der Waals surface area contributed by atoms with Crippen LogP contribution in [-0.2, 0) is 0 Å². The molecule has 0 fully saturated rings. The number of aromatic amines is 1. The van der Waals surface area contributed by atoms with Crippen LogP contribution in [0.15, 0.2) is 29.1 Å². The van der Waals surface area contributed by atoms with E-state index in [1.807, 2.05) is 18.2 Å². The first-order chi connectivity index (χ1) is 6.20. The molecular formula is C9H7ClN2O. The van der Waals surface area contributed by atoms with E-state index in [1.165, 1.54) is 0 Å². The molecule has 0 saturated heterocycles. The molecule has 3 nitrogen and oxygen atoms in total. The van der Waals surface area contributed by atoms with Gasteiger partial charge in [0.1, 0.15) is 5.02 Å². The highest BCUT2D eigenvalue weighted by molar-refractivity contribution is 6.34. The lowest BCUT2D eigenvalue weighted by Crippen LogP contribution is -2.09. The van der Waals surface area contributed by atoms with Gasteiger partial charge >= 0.3 is 0 Å². The second kappa shape index (κ2) is 2.78. The highest BCUT2D eigenvalue weighted by Crippen LogP contribution is 2.22. The van der Waals surface area contributed by atoms with E-state index in [0.717, 1.165) is 5.39 Å². The maximum atomic E-state index is 11.2. The lowest BCUT2D eigenvalue weighted by Gasteiger charge is -2.02. The van der Waals surface area contributed by atoms with Crippen LogP contribution in [0.3, 0.4) is 0 Å². The van der Waals surface area contributed by atoms with Crippen LogP contribution in [0.25, 0.3) is 10.9 Å². The number of H-pyrrole nitrogens is 1. The van der Waals surface area contributed by atoms with E-state index in [-0.39, 0.29) is 10.6 Å². The Balaban J connectivity index is 3.02. The topological polar surface area (TPSA) is 58.9 Å². The Morgan fingerprint density at radius 2 is 2.00 bits per heavy atom. The van der Waals surface area contributed by atoms with Gasteiger partial charge in [-0.1, -0.05) is 29.8 Å². The summed E-state index contributed by atoms with van der Waals surface area (Å²) < 4.78 is 0. The average Bonchev–Trinajstić information content (AvgIpc) is 2.15. The monoisotopic (exact) mass is 194 g/mol. The summed E-state index contributed by atoms with van der Waals surface area (Å²) in [6, 6.07) is 7.26. The van der Waals surface area contributed by atoms with Gasteiger partial charge in [-0.15, -0.1) is 0 Å². The van der Waals surface area contributed by atoms with Crippen molar-refractivity contribution in [3.63, 3.8) is 0 Å². The molecule has 2 aromatic rings. The second-order valence-corrected chi connectivity index (χ2v) is 3.11. The first-order valence-electron chi connectivity index (χ1n) is 3.76. The van der Waals surface area contributed by atoms with Crippen LogP contribution < -0.4 is 11.3 Å². The Morgan fingerprint density at radius 1 is 1.31 bits per heavy atom. The fraction of sp³-hybridized carbons (Fsp3) is 0. The number of anilines is 1. The van der Waals surface area contributed by atoms with E-state index < -0.39 is 0 Å². The standard InChI is InChI=1S/C9H7ClN2O/c10-7-8(11)5-3-1-2-4-6(5)12-9(7)13/h1-4H,(H3,11,12,13). The number of nitrogens with two attached hydrogens (primary N) is 1. The number of aromatic nitrogens is 1. The smallest absolute Gasteiger partial charge is 0.269 e. The van der Waals surface area contributed by atoms with Crippen LogP contribution >= 0.6 is 11.6 Å². The van der Waals surface area contributed by atoms with Gasteiger partial charge < -0.3 is 10.7 Å². The van der Waals surface area contributed by atoms with Gasteiger partial charge in [-0.25, -0.2) is 0 Å². The molecule has 0 amide bonds. The molecule has 0 aliphatic heterocycles. The molecule has 1 heterocycles. The SMILES string of the molecule is Nc1c(Cl)c(=O)[nH]c2ccccc12. The summed E-state index contributed by atoms with van der Waals surface area (Å²) in [5, 5.41) is 0.825. The van der Waals surface area contributed by atoms with Crippen molar-refractivity contribution < 1.29 is 0 Å². The number of para-hydroxylation sites is 1. The Bertz CT molecular complexity index is 518.